The lowest BCUT2D eigenvalue weighted by Gasteiger charge is -2.17. The highest BCUT2D eigenvalue weighted by Crippen LogP contribution is 2.24. The molecule has 2 aromatic carbocycles. The van der Waals surface area contributed by atoms with Gasteiger partial charge in [0.1, 0.15) is 0 Å². The molecule has 0 unspecified atom stereocenters. The Bertz CT molecular complexity index is 1280. The average Bonchev–Trinajstić information content (AvgIpc) is 3.20. The molecule has 8 nitrogen and oxygen atoms in total. The van der Waals surface area contributed by atoms with E-state index in [4.69, 9.17) is 10.5 Å². The zero-order valence-corrected chi connectivity index (χ0v) is 17.9. The number of hydrogen-bond acceptors (Lipinski definition) is 5. The van der Waals surface area contributed by atoms with Crippen LogP contribution in [0.25, 0.3) is 11.0 Å². The summed E-state index contributed by atoms with van der Waals surface area (Å²) in [7, 11) is 3.27. The molecular formula is C24H23N5O3. The first-order valence-electron chi connectivity index (χ1n) is 10.1. The number of carbonyl (C=O) groups excluding carboxylic acids is 2. The van der Waals surface area contributed by atoms with Crippen molar-refractivity contribution in [1.82, 2.24) is 14.5 Å². The van der Waals surface area contributed by atoms with Crippen LogP contribution in [0.1, 0.15) is 26.7 Å². The Morgan fingerprint density at radius 3 is 2.53 bits per heavy atom. The van der Waals surface area contributed by atoms with Gasteiger partial charge in [-0.05, 0) is 36.4 Å². The highest BCUT2D eigenvalue weighted by Gasteiger charge is 2.18. The predicted molar refractivity (Wildman–Crippen MR) is 122 cm³/mol. The standard InChI is InChI=1S/C24H23N5O3/c1-28(24(31)16-7-4-3-5-8-16)18-11-12-20-19(15-18)27-23(22(25)30)29(20)14-13-17-9-6-10-21(26-17)32-2/h3-12,15H,13-14H2,1-2H3,(H2,25,30). The van der Waals surface area contributed by atoms with Gasteiger partial charge in [0.05, 0.1) is 18.1 Å². The summed E-state index contributed by atoms with van der Waals surface area (Å²) in [6.07, 6.45) is 0.567. The number of fused-ring (bicyclic) bond motifs is 1. The SMILES string of the molecule is COc1cccc(CCn2c(C(N)=O)nc3cc(N(C)C(=O)c4ccccc4)ccc32)n1. The number of ether oxygens (including phenoxy) is 1. The van der Waals surface area contributed by atoms with Gasteiger partial charge in [-0.15, -0.1) is 0 Å². The summed E-state index contributed by atoms with van der Waals surface area (Å²) in [5.74, 6) is -0.0559. The smallest absolute Gasteiger partial charge is 0.284 e. The number of aromatic nitrogens is 3. The van der Waals surface area contributed by atoms with Crippen LogP contribution in [0.4, 0.5) is 5.69 Å². The van der Waals surface area contributed by atoms with Crippen molar-refractivity contribution in [3.63, 3.8) is 0 Å². The van der Waals surface area contributed by atoms with Gasteiger partial charge >= 0.3 is 0 Å². The van der Waals surface area contributed by atoms with Crippen LogP contribution in [0, 0.1) is 0 Å². The van der Waals surface area contributed by atoms with E-state index in [2.05, 4.69) is 9.97 Å². The Hall–Kier alpha value is -4.20. The quantitative estimate of drug-likeness (QED) is 0.486. The first-order chi connectivity index (χ1) is 15.5. The number of rotatable bonds is 7. The lowest BCUT2D eigenvalue weighted by molar-refractivity contribution is 0.0981. The van der Waals surface area contributed by atoms with Gasteiger partial charge in [0.15, 0.2) is 5.82 Å². The zero-order chi connectivity index (χ0) is 22.7. The van der Waals surface area contributed by atoms with Crippen molar-refractivity contribution < 1.29 is 14.3 Å². The van der Waals surface area contributed by atoms with Crippen molar-refractivity contribution in [2.24, 2.45) is 5.73 Å². The number of anilines is 1. The molecule has 0 bridgehead atoms. The van der Waals surface area contributed by atoms with E-state index in [1.54, 1.807) is 47.9 Å². The van der Waals surface area contributed by atoms with E-state index in [1.165, 1.54) is 0 Å². The molecule has 0 saturated heterocycles. The summed E-state index contributed by atoms with van der Waals surface area (Å²) >= 11 is 0. The molecule has 0 aliphatic rings. The van der Waals surface area contributed by atoms with Crippen molar-refractivity contribution in [2.45, 2.75) is 13.0 Å². The third kappa shape index (κ3) is 4.15. The van der Waals surface area contributed by atoms with Gasteiger partial charge < -0.3 is 19.9 Å². The monoisotopic (exact) mass is 429 g/mol. The number of hydrogen-bond donors (Lipinski definition) is 1. The molecule has 2 N–H and O–H groups in total. The van der Waals surface area contributed by atoms with Gasteiger partial charge in [-0.3, -0.25) is 9.59 Å². The number of pyridine rings is 1. The summed E-state index contributed by atoms with van der Waals surface area (Å²) < 4.78 is 6.95. The minimum Gasteiger partial charge on any atom is -0.481 e. The number of nitrogens with zero attached hydrogens (tertiary/aromatic N) is 4. The van der Waals surface area contributed by atoms with Gasteiger partial charge in [0, 0.05) is 43.0 Å². The summed E-state index contributed by atoms with van der Waals surface area (Å²) in [6, 6.07) is 20.0. The van der Waals surface area contributed by atoms with E-state index in [1.807, 2.05) is 42.5 Å². The highest BCUT2D eigenvalue weighted by molar-refractivity contribution is 6.06. The second kappa shape index (κ2) is 8.89. The summed E-state index contributed by atoms with van der Waals surface area (Å²) in [4.78, 5) is 35.2. The normalized spacial score (nSPS) is 10.8. The number of aryl methyl sites for hydroxylation is 2. The fraction of sp³-hybridized carbons (Fsp3) is 0.167. The van der Waals surface area contributed by atoms with Crippen LogP contribution in [0.3, 0.4) is 0 Å². The lowest BCUT2D eigenvalue weighted by Crippen LogP contribution is -2.26. The lowest BCUT2D eigenvalue weighted by atomic mass is 10.2. The van der Waals surface area contributed by atoms with E-state index in [0.29, 0.717) is 35.6 Å². The maximum atomic E-state index is 12.8. The highest BCUT2D eigenvalue weighted by atomic mass is 16.5. The van der Waals surface area contributed by atoms with Gasteiger partial charge in [-0.2, -0.15) is 0 Å². The second-order valence-electron chi connectivity index (χ2n) is 7.28. The van der Waals surface area contributed by atoms with Crippen molar-refractivity contribution >= 4 is 28.5 Å². The second-order valence-corrected chi connectivity index (χ2v) is 7.28. The topological polar surface area (TPSA) is 103 Å². The molecule has 2 amide bonds. The largest absolute Gasteiger partial charge is 0.481 e. The van der Waals surface area contributed by atoms with Gasteiger partial charge in [-0.1, -0.05) is 24.3 Å². The van der Waals surface area contributed by atoms with Crippen LogP contribution >= 0.6 is 0 Å². The molecule has 0 radical (unpaired) electrons. The van der Waals surface area contributed by atoms with E-state index < -0.39 is 5.91 Å². The van der Waals surface area contributed by atoms with Gasteiger partial charge in [-0.25, -0.2) is 9.97 Å². The molecule has 8 heteroatoms. The minimum absolute atomic E-state index is 0.136. The molecule has 0 saturated carbocycles. The van der Waals surface area contributed by atoms with Crippen molar-refractivity contribution in [1.29, 1.82) is 0 Å². The molecule has 0 fully saturated rings. The number of methoxy groups -OCH3 is 1. The van der Waals surface area contributed by atoms with Gasteiger partial charge in [0.25, 0.3) is 11.8 Å². The van der Waals surface area contributed by atoms with E-state index in [0.717, 1.165) is 11.2 Å². The first kappa shape index (κ1) is 21.0. The van der Waals surface area contributed by atoms with Crippen LogP contribution in [0.15, 0.2) is 66.7 Å². The fourth-order valence-electron chi connectivity index (χ4n) is 3.57. The number of carbonyl (C=O) groups is 2. The molecule has 162 valence electrons. The van der Waals surface area contributed by atoms with Crippen LogP contribution < -0.4 is 15.4 Å². The molecule has 0 aliphatic heterocycles. The average molecular weight is 429 g/mol. The van der Waals surface area contributed by atoms with Crippen LogP contribution in [-0.4, -0.2) is 40.5 Å². The first-order valence-corrected chi connectivity index (χ1v) is 10.1. The Morgan fingerprint density at radius 2 is 1.81 bits per heavy atom. The van der Waals surface area contributed by atoms with Crippen molar-refractivity contribution in [2.75, 3.05) is 19.1 Å². The zero-order valence-electron chi connectivity index (χ0n) is 17.9. The van der Waals surface area contributed by atoms with Crippen LogP contribution in [0.2, 0.25) is 0 Å². The third-order valence-corrected chi connectivity index (χ3v) is 5.25. The maximum Gasteiger partial charge on any atom is 0.284 e. The summed E-state index contributed by atoms with van der Waals surface area (Å²) in [6.45, 7) is 0.465. The minimum atomic E-state index is -0.616. The molecule has 2 aromatic heterocycles. The Labute approximate surface area is 185 Å². The third-order valence-electron chi connectivity index (χ3n) is 5.25. The Morgan fingerprint density at radius 1 is 1.03 bits per heavy atom. The molecule has 0 aliphatic carbocycles. The number of imidazole rings is 1. The maximum absolute atomic E-state index is 12.8. The van der Waals surface area contributed by atoms with Crippen LogP contribution in [-0.2, 0) is 13.0 Å². The predicted octanol–water partition coefficient (Wildman–Crippen LogP) is 3.06. The Kier molecular flexibility index (Phi) is 5.85. The fourth-order valence-corrected chi connectivity index (χ4v) is 3.57. The van der Waals surface area contributed by atoms with E-state index >= 15 is 0 Å². The molecule has 0 spiro atoms. The Balaban J connectivity index is 1.64. The molecule has 4 aromatic rings. The van der Waals surface area contributed by atoms with Crippen LogP contribution in [0.5, 0.6) is 5.88 Å². The molecule has 4 rings (SSSR count). The van der Waals surface area contributed by atoms with Crippen molar-refractivity contribution in [3.8, 4) is 5.88 Å². The molecular weight excluding hydrogens is 406 g/mol. The number of benzene rings is 2. The van der Waals surface area contributed by atoms with E-state index in [9.17, 15) is 9.59 Å². The molecule has 0 atom stereocenters. The summed E-state index contributed by atoms with van der Waals surface area (Å²) in [5, 5.41) is 0. The number of amides is 2. The molecule has 32 heavy (non-hydrogen) atoms. The summed E-state index contributed by atoms with van der Waals surface area (Å²) in [5.41, 5.74) is 9.01. The van der Waals surface area contributed by atoms with E-state index in [-0.39, 0.29) is 11.7 Å². The van der Waals surface area contributed by atoms with Crippen molar-refractivity contribution in [3.05, 3.63) is 83.8 Å². The van der Waals surface area contributed by atoms with Gasteiger partial charge in [0.2, 0.25) is 5.88 Å². The molecule has 2 heterocycles. The number of primary amides is 1. The number of nitrogens with two attached hydrogens (primary N) is 1.